The van der Waals surface area contributed by atoms with Crippen LogP contribution in [0.25, 0.3) is 11.1 Å². The van der Waals surface area contributed by atoms with Crippen molar-refractivity contribution in [2.45, 2.75) is 6.61 Å². The Balaban J connectivity index is 1.62. The molecule has 0 unspecified atom stereocenters. The van der Waals surface area contributed by atoms with Crippen molar-refractivity contribution in [3.05, 3.63) is 77.9 Å². The SMILES string of the molecule is N#Cc1ccc(-c2ccc3c(c2)OCCO3)cc1OCc1ccccc1. The lowest BCUT2D eigenvalue weighted by Gasteiger charge is -2.19. The summed E-state index contributed by atoms with van der Waals surface area (Å²) in [5.74, 6) is 2.07. The van der Waals surface area contributed by atoms with Crippen LogP contribution in [-0.2, 0) is 6.61 Å². The summed E-state index contributed by atoms with van der Waals surface area (Å²) in [6, 6.07) is 23.5. The first-order valence-electron chi connectivity index (χ1n) is 8.44. The average molecular weight is 343 g/mol. The molecule has 4 nitrogen and oxygen atoms in total. The molecule has 0 amide bonds. The summed E-state index contributed by atoms with van der Waals surface area (Å²) in [6.07, 6.45) is 0. The van der Waals surface area contributed by atoms with Gasteiger partial charge in [-0.1, -0.05) is 42.5 Å². The lowest BCUT2D eigenvalue weighted by molar-refractivity contribution is 0.171. The van der Waals surface area contributed by atoms with Crippen molar-refractivity contribution in [2.24, 2.45) is 0 Å². The number of nitrogens with zero attached hydrogens (tertiary/aromatic N) is 1. The van der Waals surface area contributed by atoms with Gasteiger partial charge in [0.15, 0.2) is 11.5 Å². The normalized spacial score (nSPS) is 12.3. The van der Waals surface area contributed by atoms with Crippen molar-refractivity contribution in [1.29, 1.82) is 5.26 Å². The van der Waals surface area contributed by atoms with Crippen LogP contribution in [-0.4, -0.2) is 13.2 Å². The molecule has 1 aliphatic heterocycles. The van der Waals surface area contributed by atoms with Gasteiger partial charge in [-0.25, -0.2) is 0 Å². The minimum absolute atomic E-state index is 0.417. The van der Waals surface area contributed by atoms with Gasteiger partial charge in [0.1, 0.15) is 31.6 Å². The van der Waals surface area contributed by atoms with Crippen LogP contribution >= 0.6 is 0 Å². The molecule has 4 rings (SSSR count). The van der Waals surface area contributed by atoms with Crippen LogP contribution in [0.2, 0.25) is 0 Å². The summed E-state index contributed by atoms with van der Waals surface area (Å²) in [5, 5.41) is 9.37. The molecule has 0 N–H and O–H groups in total. The van der Waals surface area contributed by atoms with Gasteiger partial charge < -0.3 is 14.2 Å². The first-order valence-corrected chi connectivity index (χ1v) is 8.44. The largest absolute Gasteiger partial charge is 0.488 e. The summed E-state index contributed by atoms with van der Waals surface area (Å²) in [7, 11) is 0. The molecule has 0 aromatic heterocycles. The van der Waals surface area contributed by atoms with E-state index in [1.54, 1.807) is 6.07 Å². The van der Waals surface area contributed by atoms with Crippen molar-refractivity contribution >= 4 is 0 Å². The average Bonchev–Trinajstić information content (AvgIpc) is 2.72. The van der Waals surface area contributed by atoms with Crippen molar-refractivity contribution in [2.75, 3.05) is 13.2 Å². The Kier molecular flexibility index (Phi) is 4.44. The van der Waals surface area contributed by atoms with Gasteiger partial charge in [0.05, 0.1) is 5.56 Å². The quantitative estimate of drug-likeness (QED) is 0.696. The minimum Gasteiger partial charge on any atom is -0.488 e. The lowest BCUT2D eigenvalue weighted by atomic mass is 10.0. The minimum atomic E-state index is 0.417. The second kappa shape index (κ2) is 7.20. The van der Waals surface area contributed by atoms with Crippen molar-refractivity contribution in [3.63, 3.8) is 0 Å². The zero-order valence-electron chi connectivity index (χ0n) is 14.1. The van der Waals surface area contributed by atoms with Crippen molar-refractivity contribution in [1.82, 2.24) is 0 Å². The number of hydrogen-bond donors (Lipinski definition) is 0. The topological polar surface area (TPSA) is 51.5 Å². The zero-order valence-corrected chi connectivity index (χ0v) is 14.1. The Labute approximate surface area is 152 Å². The van der Waals surface area contributed by atoms with Crippen molar-refractivity contribution < 1.29 is 14.2 Å². The molecule has 1 aliphatic rings. The fraction of sp³-hybridized carbons (Fsp3) is 0.136. The van der Waals surface area contributed by atoms with E-state index in [2.05, 4.69) is 6.07 Å². The van der Waals surface area contributed by atoms with Crippen LogP contribution in [0.4, 0.5) is 0 Å². The van der Waals surface area contributed by atoms with Crippen LogP contribution in [0.3, 0.4) is 0 Å². The molecule has 0 bridgehead atoms. The van der Waals surface area contributed by atoms with Gasteiger partial charge in [0.2, 0.25) is 0 Å². The van der Waals surface area contributed by atoms with Gasteiger partial charge >= 0.3 is 0 Å². The highest BCUT2D eigenvalue weighted by atomic mass is 16.6. The van der Waals surface area contributed by atoms with E-state index >= 15 is 0 Å². The summed E-state index contributed by atoms with van der Waals surface area (Å²) < 4.78 is 17.1. The maximum Gasteiger partial charge on any atom is 0.161 e. The zero-order chi connectivity index (χ0) is 17.8. The smallest absolute Gasteiger partial charge is 0.161 e. The molecule has 1 heterocycles. The molecule has 0 fully saturated rings. The van der Waals surface area contributed by atoms with Gasteiger partial charge in [0.25, 0.3) is 0 Å². The first-order chi connectivity index (χ1) is 12.8. The van der Waals surface area contributed by atoms with Crippen LogP contribution in [0, 0.1) is 11.3 Å². The van der Waals surface area contributed by atoms with E-state index in [0.717, 1.165) is 28.2 Å². The molecule has 128 valence electrons. The molecule has 3 aromatic rings. The Morgan fingerprint density at radius 1 is 0.846 bits per heavy atom. The molecular weight excluding hydrogens is 326 g/mol. The van der Waals surface area contributed by atoms with E-state index in [1.807, 2.05) is 60.7 Å². The maximum atomic E-state index is 9.37. The van der Waals surface area contributed by atoms with Crippen LogP contribution in [0.5, 0.6) is 17.2 Å². The van der Waals surface area contributed by atoms with Gasteiger partial charge in [-0.05, 0) is 41.0 Å². The molecular formula is C22H17NO3. The molecule has 0 atom stereocenters. The summed E-state index contributed by atoms with van der Waals surface area (Å²) in [6.45, 7) is 1.54. The highest BCUT2D eigenvalue weighted by molar-refractivity contribution is 5.70. The van der Waals surface area contributed by atoms with E-state index in [-0.39, 0.29) is 0 Å². The number of benzene rings is 3. The maximum absolute atomic E-state index is 9.37. The number of rotatable bonds is 4. The van der Waals surface area contributed by atoms with Gasteiger partial charge in [-0.15, -0.1) is 0 Å². The monoisotopic (exact) mass is 343 g/mol. The third kappa shape index (κ3) is 3.33. The van der Waals surface area contributed by atoms with Crippen molar-refractivity contribution in [3.8, 4) is 34.4 Å². The van der Waals surface area contributed by atoms with Gasteiger partial charge in [-0.2, -0.15) is 5.26 Å². The Bertz CT molecular complexity index is 961. The van der Waals surface area contributed by atoms with E-state index in [4.69, 9.17) is 14.2 Å². The fourth-order valence-electron chi connectivity index (χ4n) is 2.87. The highest BCUT2D eigenvalue weighted by Crippen LogP contribution is 2.36. The molecule has 0 spiro atoms. The van der Waals surface area contributed by atoms with E-state index in [0.29, 0.717) is 31.1 Å². The summed E-state index contributed by atoms with van der Waals surface area (Å²) >= 11 is 0. The Morgan fingerprint density at radius 2 is 1.58 bits per heavy atom. The third-order valence-corrected chi connectivity index (χ3v) is 4.21. The second-order valence-corrected chi connectivity index (χ2v) is 5.96. The molecule has 0 radical (unpaired) electrons. The molecule has 0 aliphatic carbocycles. The van der Waals surface area contributed by atoms with Crippen LogP contribution in [0.1, 0.15) is 11.1 Å². The molecule has 0 saturated carbocycles. The molecule has 4 heteroatoms. The summed E-state index contributed by atoms with van der Waals surface area (Å²) in [5.41, 5.74) is 3.52. The second-order valence-electron chi connectivity index (χ2n) is 5.96. The first kappa shape index (κ1) is 16.0. The summed E-state index contributed by atoms with van der Waals surface area (Å²) in [4.78, 5) is 0. The van der Waals surface area contributed by atoms with Crippen LogP contribution in [0.15, 0.2) is 66.7 Å². The number of hydrogen-bond acceptors (Lipinski definition) is 4. The van der Waals surface area contributed by atoms with Crippen LogP contribution < -0.4 is 14.2 Å². The Morgan fingerprint density at radius 3 is 2.38 bits per heavy atom. The van der Waals surface area contributed by atoms with E-state index in [9.17, 15) is 5.26 Å². The lowest BCUT2D eigenvalue weighted by Crippen LogP contribution is -2.15. The number of nitriles is 1. The number of ether oxygens (including phenoxy) is 3. The predicted molar refractivity (Wildman–Crippen MR) is 98.4 cm³/mol. The molecule has 3 aromatic carbocycles. The fourth-order valence-corrected chi connectivity index (χ4v) is 2.87. The standard InChI is InChI=1S/C22H17NO3/c23-14-19-7-6-17(12-21(19)26-15-16-4-2-1-3-5-16)18-8-9-20-22(13-18)25-11-10-24-20/h1-9,12-13H,10-11,15H2. The Hall–Kier alpha value is -3.45. The molecule has 0 saturated heterocycles. The highest BCUT2D eigenvalue weighted by Gasteiger charge is 2.13. The third-order valence-electron chi connectivity index (χ3n) is 4.21. The van der Waals surface area contributed by atoms with Gasteiger partial charge in [0, 0.05) is 0 Å². The predicted octanol–water partition coefficient (Wildman–Crippen LogP) is 4.58. The van der Waals surface area contributed by atoms with E-state index in [1.165, 1.54) is 0 Å². The van der Waals surface area contributed by atoms with Gasteiger partial charge in [-0.3, -0.25) is 0 Å². The molecule has 26 heavy (non-hydrogen) atoms. The number of fused-ring (bicyclic) bond motifs is 1. The van der Waals surface area contributed by atoms with E-state index < -0.39 is 0 Å².